The van der Waals surface area contributed by atoms with Gasteiger partial charge in [-0.05, 0) is 48.1 Å². The van der Waals surface area contributed by atoms with E-state index in [1.54, 1.807) is 0 Å². The maximum absolute atomic E-state index is 12.6. The van der Waals surface area contributed by atoms with E-state index < -0.39 is 0 Å². The summed E-state index contributed by atoms with van der Waals surface area (Å²) in [6.45, 7) is 6.13. The highest BCUT2D eigenvalue weighted by Crippen LogP contribution is 2.37. The third-order valence-electron chi connectivity index (χ3n) is 5.70. The number of halogens is 1. The van der Waals surface area contributed by atoms with Gasteiger partial charge >= 0.3 is 0 Å². The van der Waals surface area contributed by atoms with Crippen molar-refractivity contribution in [3.05, 3.63) is 35.4 Å². The van der Waals surface area contributed by atoms with Crippen LogP contribution in [-0.4, -0.2) is 29.9 Å². The predicted molar refractivity (Wildman–Crippen MR) is 96.9 cm³/mol. The molecule has 0 aromatic heterocycles. The Morgan fingerprint density at radius 3 is 2.57 bits per heavy atom. The molecule has 0 spiro atoms. The number of carbonyl (C=O) groups is 1. The predicted octanol–water partition coefficient (Wildman–Crippen LogP) is 3.36. The van der Waals surface area contributed by atoms with Gasteiger partial charge in [0.2, 0.25) is 5.91 Å². The van der Waals surface area contributed by atoms with E-state index in [9.17, 15) is 4.79 Å². The Hall–Kier alpha value is -1.06. The number of nitrogens with zero attached hydrogens (tertiary/aromatic N) is 1. The van der Waals surface area contributed by atoms with E-state index in [1.165, 1.54) is 17.5 Å². The molecule has 3 rings (SSSR count). The molecule has 1 saturated carbocycles. The third kappa shape index (κ3) is 3.89. The summed E-state index contributed by atoms with van der Waals surface area (Å²) < 4.78 is 0. The lowest BCUT2D eigenvalue weighted by Crippen LogP contribution is -2.33. The van der Waals surface area contributed by atoms with Crippen LogP contribution in [0.15, 0.2) is 24.3 Å². The average molecular weight is 337 g/mol. The van der Waals surface area contributed by atoms with Crippen molar-refractivity contribution in [2.45, 2.75) is 51.5 Å². The summed E-state index contributed by atoms with van der Waals surface area (Å²) >= 11 is 0. The third-order valence-corrected chi connectivity index (χ3v) is 5.70. The minimum atomic E-state index is 0. The summed E-state index contributed by atoms with van der Waals surface area (Å²) in [5.41, 5.74) is 8.78. The molecule has 1 heterocycles. The van der Waals surface area contributed by atoms with Gasteiger partial charge < -0.3 is 10.6 Å². The second kappa shape index (κ2) is 7.67. The number of carbonyl (C=O) groups excluding carboxylic acids is 1. The van der Waals surface area contributed by atoms with Gasteiger partial charge in [0.05, 0.1) is 0 Å². The van der Waals surface area contributed by atoms with Crippen LogP contribution in [0.4, 0.5) is 0 Å². The lowest BCUT2D eigenvalue weighted by molar-refractivity contribution is -0.130. The van der Waals surface area contributed by atoms with Crippen LogP contribution in [0.25, 0.3) is 0 Å². The Balaban J connectivity index is 0.00000192. The maximum Gasteiger partial charge on any atom is 0.223 e. The fraction of sp³-hybridized carbons (Fsp3) is 0.632. The van der Waals surface area contributed by atoms with Crippen molar-refractivity contribution >= 4 is 18.3 Å². The molecule has 128 valence electrons. The minimum absolute atomic E-state index is 0. The van der Waals surface area contributed by atoms with Gasteiger partial charge in [0.15, 0.2) is 0 Å². The summed E-state index contributed by atoms with van der Waals surface area (Å²) in [4.78, 5) is 14.6. The van der Waals surface area contributed by atoms with E-state index in [-0.39, 0.29) is 18.3 Å². The van der Waals surface area contributed by atoms with E-state index >= 15 is 0 Å². The Morgan fingerprint density at radius 2 is 1.96 bits per heavy atom. The van der Waals surface area contributed by atoms with E-state index in [0.717, 1.165) is 25.9 Å². The number of benzene rings is 1. The molecule has 1 aromatic rings. The highest BCUT2D eigenvalue weighted by Gasteiger charge is 2.42. The second-order valence-corrected chi connectivity index (χ2v) is 7.16. The Kier molecular flexibility index (Phi) is 6.10. The highest BCUT2D eigenvalue weighted by molar-refractivity contribution is 5.85. The number of likely N-dealkylation sites (tertiary alicyclic amines) is 1. The molecular formula is C19H29ClN2O. The topological polar surface area (TPSA) is 46.3 Å². The normalized spacial score (nSPS) is 27.4. The van der Waals surface area contributed by atoms with Crippen LogP contribution in [0.2, 0.25) is 0 Å². The van der Waals surface area contributed by atoms with Gasteiger partial charge in [-0.1, -0.05) is 38.1 Å². The first-order valence-electron chi connectivity index (χ1n) is 8.70. The molecule has 0 radical (unpaired) electrons. The molecule has 4 atom stereocenters. The number of fused-ring (bicyclic) bond motifs is 1. The van der Waals surface area contributed by atoms with Gasteiger partial charge in [0, 0.05) is 25.6 Å². The number of amides is 1. The first-order chi connectivity index (χ1) is 10.6. The van der Waals surface area contributed by atoms with Crippen molar-refractivity contribution in [2.75, 3.05) is 13.1 Å². The molecule has 1 aromatic carbocycles. The molecule has 4 heteroatoms. The first-order valence-corrected chi connectivity index (χ1v) is 8.70. The first kappa shape index (κ1) is 18.3. The monoisotopic (exact) mass is 336 g/mol. The molecule has 1 amide bonds. The van der Waals surface area contributed by atoms with Crippen molar-refractivity contribution in [1.29, 1.82) is 0 Å². The lowest BCUT2D eigenvalue weighted by Gasteiger charge is -2.21. The number of rotatable bonds is 4. The molecule has 4 unspecified atom stereocenters. The fourth-order valence-corrected chi connectivity index (χ4v) is 4.10. The standard InChI is InChI=1S/C19H28N2O.ClH/c1-3-14-4-6-15(7-5-14)13(2)10-19(22)21-11-16-8-9-18(20)17(16)12-21;/h4-7,13,16-18H,3,8-12,20H2,1-2H3;1H. The molecule has 0 bridgehead atoms. The van der Waals surface area contributed by atoms with Gasteiger partial charge in [-0.25, -0.2) is 0 Å². The quantitative estimate of drug-likeness (QED) is 0.916. The highest BCUT2D eigenvalue weighted by atomic mass is 35.5. The fourth-order valence-electron chi connectivity index (χ4n) is 4.10. The van der Waals surface area contributed by atoms with Crippen molar-refractivity contribution in [1.82, 2.24) is 4.90 Å². The molecule has 23 heavy (non-hydrogen) atoms. The number of hydrogen-bond acceptors (Lipinski definition) is 2. The van der Waals surface area contributed by atoms with Gasteiger partial charge in [-0.3, -0.25) is 4.79 Å². The Labute approximate surface area is 146 Å². The molecule has 1 aliphatic heterocycles. The maximum atomic E-state index is 12.6. The molecule has 1 aliphatic carbocycles. The Morgan fingerprint density at radius 1 is 1.26 bits per heavy atom. The van der Waals surface area contributed by atoms with Crippen LogP contribution in [0.3, 0.4) is 0 Å². The SMILES string of the molecule is CCc1ccc(C(C)CC(=O)N2CC3CCC(N)C3C2)cc1.Cl. The van der Waals surface area contributed by atoms with Crippen LogP contribution in [0.5, 0.6) is 0 Å². The lowest BCUT2D eigenvalue weighted by atomic mass is 9.96. The van der Waals surface area contributed by atoms with Gasteiger partial charge in [-0.2, -0.15) is 0 Å². The molecular weight excluding hydrogens is 308 g/mol. The summed E-state index contributed by atoms with van der Waals surface area (Å²) in [5.74, 6) is 1.78. The second-order valence-electron chi connectivity index (χ2n) is 7.16. The van der Waals surface area contributed by atoms with Crippen molar-refractivity contribution in [2.24, 2.45) is 17.6 Å². The number of hydrogen-bond donors (Lipinski definition) is 1. The van der Waals surface area contributed by atoms with Crippen LogP contribution in [-0.2, 0) is 11.2 Å². The van der Waals surface area contributed by atoms with Crippen LogP contribution < -0.4 is 5.73 Å². The minimum Gasteiger partial charge on any atom is -0.342 e. The van der Waals surface area contributed by atoms with E-state index in [1.807, 2.05) is 0 Å². The zero-order valence-electron chi connectivity index (χ0n) is 14.2. The van der Waals surface area contributed by atoms with Gasteiger partial charge in [0.25, 0.3) is 0 Å². The molecule has 3 nitrogen and oxygen atoms in total. The van der Waals surface area contributed by atoms with Gasteiger partial charge in [-0.15, -0.1) is 12.4 Å². The van der Waals surface area contributed by atoms with E-state index in [2.05, 4.69) is 43.0 Å². The summed E-state index contributed by atoms with van der Waals surface area (Å²) in [6, 6.07) is 9.00. The summed E-state index contributed by atoms with van der Waals surface area (Å²) in [5, 5.41) is 0. The van der Waals surface area contributed by atoms with Crippen LogP contribution >= 0.6 is 12.4 Å². The zero-order valence-corrected chi connectivity index (χ0v) is 15.0. The van der Waals surface area contributed by atoms with E-state index in [4.69, 9.17) is 5.73 Å². The number of nitrogens with two attached hydrogens (primary N) is 1. The van der Waals surface area contributed by atoms with Crippen LogP contribution in [0.1, 0.15) is 50.2 Å². The largest absolute Gasteiger partial charge is 0.342 e. The smallest absolute Gasteiger partial charge is 0.223 e. The molecule has 2 N–H and O–H groups in total. The van der Waals surface area contributed by atoms with Crippen molar-refractivity contribution in [3.8, 4) is 0 Å². The Bertz CT molecular complexity index is 531. The summed E-state index contributed by atoms with van der Waals surface area (Å²) in [7, 11) is 0. The number of aryl methyl sites for hydroxylation is 1. The molecule has 2 fully saturated rings. The van der Waals surface area contributed by atoms with E-state index in [0.29, 0.717) is 30.2 Å². The van der Waals surface area contributed by atoms with Crippen molar-refractivity contribution in [3.63, 3.8) is 0 Å². The zero-order chi connectivity index (χ0) is 15.7. The molecule has 2 aliphatic rings. The van der Waals surface area contributed by atoms with Crippen molar-refractivity contribution < 1.29 is 4.79 Å². The van der Waals surface area contributed by atoms with Crippen LogP contribution in [0, 0.1) is 11.8 Å². The average Bonchev–Trinajstić information content (AvgIpc) is 3.10. The summed E-state index contributed by atoms with van der Waals surface area (Å²) in [6.07, 6.45) is 4.01. The van der Waals surface area contributed by atoms with Gasteiger partial charge in [0.1, 0.15) is 0 Å². The molecule has 1 saturated heterocycles.